The van der Waals surface area contributed by atoms with Gasteiger partial charge in [0.25, 0.3) is 0 Å². The maximum Gasteiger partial charge on any atom is 0.306 e. The minimum atomic E-state index is -0.799. The highest BCUT2D eigenvalue weighted by molar-refractivity contribution is 5.77. The maximum absolute atomic E-state index is 13.3. The number of hydrogen-bond acceptors (Lipinski definition) is 5. The van der Waals surface area contributed by atoms with E-state index < -0.39 is 18.2 Å². The third-order valence-electron chi connectivity index (χ3n) is 12.8. The lowest BCUT2D eigenvalue weighted by molar-refractivity contribution is -0.151. The number of rotatable bonds is 51. The lowest BCUT2D eigenvalue weighted by atomic mass is 10.0. The smallest absolute Gasteiger partial charge is 0.306 e. The van der Waals surface area contributed by atoms with Crippen LogP contribution in [0.2, 0.25) is 0 Å². The number of unbranched alkanes of at least 4 members (excludes halogenated alkanes) is 27. The first-order chi connectivity index (χ1) is 33.0. The molecule has 0 aromatic heterocycles. The zero-order valence-electron chi connectivity index (χ0n) is 44.3. The molecule has 0 saturated heterocycles. The second kappa shape index (κ2) is 54.2. The number of ether oxygens (including phenoxy) is 1. The number of carbonyl (C=O) groups excluding carboxylic acids is 2. The van der Waals surface area contributed by atoms with Crippen molar-refractivity contribution in [1.29, 1.82) is 0 Å². The molecule has 6 heteroatoms. The Morgan fingerprint density at radius 3 is 1.24 bits per heavy atom. The fourth-order valence-corrected chi connectivity index (χ4v) is 8.45. The first-order valence-electron chi connectivity index (χ1n) is 28.7. The van der Waals surface area contributed by atoms with E-state index in [1.165, 1.54) is 128 Å². The average molecular weight is 937 g/mol. The van der Waals surface area contributed by atoms with Crippen LogP contribution in [-0.4, -0.2) is 46.9 Å². The topological polar surface area (TPSA) is 95.9 Å². The molecule has 0 bridgehead atoms. The molecule has 0 aliphatic rings. The van der Waals surface area contributed by atoms with Crippen molar-refractivity contribution in [3.8, 4) is 0 Å². The summed E-state index contributed by atoms with van der Waals surface area (Å²) in [6, 6.07) is -0.714. The van der Waals surface area contributed by atoms with Gasteiger partial charge in [0, 0.05) is 6.42 Å². The van der Waals surface area contributed by atoms with E-state index in [2.05, 4.69) is 99.0 Å². The monoisotopic (exact) mass is 936 g/mol. The van der Waals surface area contributed by atoms with Crippen molar-refractivity contribution < 1.29 is 24.5 Å². The molecule has 3 atom stereocenters. The molecule has 0 spiro atoms. The van der Waals surface area contributed by atoms with Gasteiger partial charge < -0.3 is 20.3 Å². The molecular weight excluding hydrogens is 827 g/mol. The number of esters is 1. The third-order valence-corrected chi connectivity index (χ3v) is 12.8. The number of nitrogens with one attached hydrogen (secondary N) is 1. The van der Waals surface area contributed by atoms with Gasteiger partial charge in [0.15, 0.2) is 0 Å². The first kappa shape index (κ1) is 64.3. The molecule has 0 rings (SSSR count). The maximum atomic E-state index is 13.3. The summed E-state index contributed by atoms with van der Waals surface area (Å²) in [6.45, 7) is 6.37. The Bertz CT molecular complexity index is 1230. The average Bonchev–Trinajstić information content (AvgIpc) is 3.32. The molecule has 0 aliphatic heterocycles. The van der Waals surface area contributed by atoms with E-state index in [1.54, 1.807) is 0 Å². The number of carbonyl (C=O) groups is 2. The van der Waals surface area contributed by atoms with Gasteiger partial charge in [-0.1, -0.05) is 241 Å². The van der Waals surface area contributed by atoms with E-state index in [1.807, 2.05) is 0 Å². The number of allylic oxidation sites excluding steroid dienone is 12. The summed E-state index contributed by atoms with van der Waals surface area (Å²) in [4.78, 5) is 26.3. The molecule has 1 amide bonds. The molecule has 0 aromatic rings. The molecule has 3 unspecified atom stereocenters. The van der Waals surface area contributed by atoms with Gasteiger partial charge in [-0.25, -0.2) is 0 Å². The Labute approximate surface area is 415 Å². The first-order valence-corrected chi connectivity index (χ1v) is 28.7. The molecule has 0 fully saturated rings. The number of aliphatic hydroxyl groups excluding tert-OH is 2. The van der Waals surface area contributed by atoms with Gasteiger partial charge in [-0.3, -0.25) is 9.59 Å². The van der Waals surface area contributed by atoms with Crippen LogP contribution in [0.5, 0.6) is 0 Å². The van der Waals surface area contributed by atoms with Gasteiger partial charge in [-0.2, -0.15) is 0 Å². The van der Waals surface area contributed by atoms with Gasteiger partial charge >= 0.3 is 5.97 Å². The van der Waals surface area contributed by atoms with E-state index in [-0.39, 0.29) is 24.9 Å². The Balaban J connectivity index is 4.63. The van der Waals surface area contributed by atoms with Crippen molar-refractivity contribution in [2.24, 2.45) is 0 Å². The Hall–Kier alpha value is -2.70. The van der Waals surface area contributed by atoms with Gasteiger partial charge in [0.05, 0.1) is 25.2 Å². The van der Waals surface area contributed by atoms with E-state index in [9.17, 15) is 19.8 Å². The molecule has 0 heterocycles. The van der Waals surface area contributed by atoms with Crippen LogP contribution in [0.1, 0.15) is 278 Å². The minimum Gasteiger partial charge on any atom is -0.462 e. The highest BCUT2D eigenvalue weighted by Gasteiger charge is 2.24. The highest BCUT2D eigenvalue weighted by Crippen LogP contribution is 2.18. The van der Waals surface area contributed by atoms with Crippen LogP contribution in [-0.2, 0) is 14.3 Å². The standard InChI is InChI=1S/C61H109NO5/c1-4-7-10-13-16-19-22-25-28-29-30-31-33-36-39-42-45-48-51-54-61(66)67-57(52-49-46-43-40-37-34-32-26-23-20-17-14-11-8-5-2)55-60(65)62-58(56-63)59(64)53-50-47-44-41-38-35-27-24-21-18-15-12-9-6-3/h7,10,16,19,25-26,28,30-32,36,39,57-59,63-64H,4-6,8-9,11-15,17-18,20-24,27,29,33-35,37-38,40-56H2,1-3H3,(H,62,65)/b10-7-,19-16-,28-25-,31-30-,32-26+,39-36-. The summed E-state index contributed by atoms with van der Waals surface area (Å²) in [5, 5.41) is 23.9. The zero-order chi connectivity index (χ0) is 48.8. The normalized spacial score (nSPS) is 13.7. The molecule has 67 heavy (non-hydrogen) atoms. The Kier molecular flexibility index (Phi) is 52.1. The summed E-state index contributed by atoms with van der Waals surface area (Å²) in [6.07, 6.45) is 69.6. The molecule has 0 saturated carbocycles. The summed E-state index contributed by atoms with van der Waals surface area (Å²) in [7, 11) is 0. The van der Waals surface area contributed by atoms with Crippen molar-refractivity contribution in [1.82, 2.24) is 5.32 Å². The van der Waals surface area contributed by atoms with Gasteiger partial charge in [0.2, 0.25) is 5.91 Å². The second-order valence-corrected chi connectivity index (χ2v) is 19.3. The Morgan fingerprint density at radius 1 is 0.448 bits per heavy atom. The fourth-order valence-electron chi connectivity index (χ4n) is 8.45. The summed E-state index contributed by atoms with van der Waals surface area (Å²) in [5.41, 5.74) is 0. The van der Waals surface area contributed by atoms with Crippen LogP contribution >= 0.6 is 0 Å². The quantitative estimate of drug-likeness (QED) is 0.0321. The fraction of sp³-hybridized carbons (Fsp3) is 0.770. The molecular formula is C61H109NO5. The van der Waals surface area contributed by atoms with Crippen molar-refractivity contribution in [2.45, 2.75) is 296 Å². The van der Waals surface area contributed by atoms with E-state index in [0.717, 1.165) is 103 Å². The molecule has 0 radical (unpaired) electrons. The van der Waals surface area contributed by atoms with Crippen LogP contribution < -0.4 is 5.32 Å². The van der Waals surface area contributed by atoms with E-state index in [0.29, 0.717) is 19.3 Å². The molecule has 6 nitrogen and oxygen atoms in total. The van der Waals surface area contributed by atoms with Gasteiger partial charge in [-0.05, 0) is 96.3 Å². The number of hydrogen-bond donors (Lipinski definition) is 3. The predicted molar refractivity (Wildman–Crippen MR) is 291 cm³/mol. The predicted octanol–water partition coefficient (Wildman–Crippen LogP) is 17.7. The summed E-state index contributed by atoms with van der Waals surface area (Å²) in [5.74, 6) is -0.515. The molecule has 0 aliphatic carbocycles. The van der Waals surface area contributed by atoms with Crippen molar-refractivity contribution in [3.05, 3.63) is 72.9 Å². The molecule has 0 aromatic carbocycles. The van der Waals surface area contributed by atoms with Crippen molar-refractivity contribution >= 4 is 11.9 Å². The summed E-state index contributed by atoms with van der Waals surface area (Å²) < 4.78 is 5.94. The lowest BCUT2D eigenvalue weighted by Gasteiger charge is -2.24. The number of amides is 1. The molecule has 388 valence electrons. The largest absolute Gasteiger partial charge is 0.462 e. The SMILES string of the molecule is CC/C=C\C/C=C\C/C=C\C/C=C\C/C=C\CCCCCC(=O)OC(CCCCCCC/C=C/CCCCCCCC)CC(=O)NC(CO)C(O)CCCCCCCCCCCCCCCC. The van der Waals surface area contributed by atoms with Crippen LogP contribution in [0.4, 0.5) is 0 Å². The van der Waals surface area contributed by atoms with Crippen LogP contribution in [0.3, 0.4) is 0 Å². The van der Waals surface area contributed by atoms with Gasteiger partial charge in [-0.15, -0.1) is 0 Å². The minimum absolute atomic E-state index is 0.0568. The van der Waals surface area contributed by atoms with Gasteiger partial charge in [0.1, 0.15) is 6.10 Å². The second-order valence-electron chi connectivity index (χ2n) is 19.3. The van der Waals surface area contributed by atoms with Crippen LogP contribution in [0, 0.1) is 0 Å². The number of aliphatic hydroxyl groups is 2. The van der Waals surface area contributed by atoms with Crippen molar-refractivity contribution in [3.63, 3.8) is 0 Å². The van der Waals surface area contributed by atoms with Crippen LogP contribution in [0.15, 0.2) is 72.9 Å². The lowest BCUT2D eigenvalue weighted by Crippen LogP contribution is -2.46. The summed E-state index contributed by atoms with van der Waals surface area (Å²) >= 11 is 0. The zero-order valence-corrected chi connectivity index (χ0v) is 44.3. The van der Waals surface area contributed by atoms with Crippen molar-refractivity contribution in [2.75, 3.05) is 6.61 Å². The van der Waals surface area contributed by atoms with E-state index in [4.69, 9.17) is 4.74 Å². The van der Waals surface area contributed by atoms with Crippen LogP contribution in [0.25, 0.3) is 0 Å². The Morgan fingerprint density at radius 2 is 0.806 bits per heavy atom. The molecule has 3 N–H and O–H groups in total. The third kappa shape index (κ3) is 49.5. The highest BCUT2D eigenvalue weighted by atomic mass is 16.5. The van der Waals surface area contributed by atoms with E-state index >= 15 is 0 Å².